The van der Waals surface area contributed by atoms with E-state index in [4.69, 9.17) is 9.84 Å². The largest absolute Gasteiger partial charge is 0.480 e. The Labute approximate surface area is 106 Å². The number of rotatable bonds is 5. The number of amides is 1. The maximum Gasteiger partial charge on any atom is 0.408 e. The summed E-state index contributed by atoms with van der Waals surface area (Å²) in [5.74, 6) is -0.407. The van der Waals surface area contributed by atoms with Gasteiger partial charge in [-0.1, -0.05) is 0 Å². The zero-order valence-corrected chi connectivity index (χ0v) is 11.8. The second kappa shape index (κ2) is 6.14. The summed E-state index contributed by atoms with van der Waals surface area (Å²) < 4.78 is 5.04. The number of thioether (sulfide) groups is 1. The van der Waals surface area contributed by atoms with Gasteiger partial charge in [-0.2, -0.15) is 11.8 Å². The van der Waals surface area contributed by atoms with Gasteiger partial charge in [0.2, 0.25) is 0 Å². The monoisotopic (exact) mass is 263 g/mol. The number of hydrogen-bond donors (Lipinski definition) is 2. The second-order valence-corrected chi connectivity index (χ2v) is 5.99. The molecule has 0 radical (unpaired) electrons. The molecule has 0 rings (SSSR count). The van der Waals surface area contributed by atoms with E-state index in [2.05, 4.69) is 5.32 Å². The van der Waals surface area contributed by atoms with E-state index in [1.165, 1.54) is 18.7 Å². The quantitative estimate of drug-likeness (QED) is 0.794. The predicted molar refractivity (Wildman–Crippen MR) is 68.4 cm³/mol. The van der Waals surface area contributed by atoms with Crippen molar-refractivity contribution in [2.75, 3.05) is 12.0 Å². The molecule has 0 fully saturated rings. The van der Waals surface area contributed by atoms with E-state index in [1.54, 1.807) is 20.8 Å². The molecule has 100 valence electrons. The molecule has 5 nitrogen and oxygen atoms in total. The lowest BCUT2D eigenvalue weighted by Crippen LogP contribution is -2.53. The van der Waals surface area contributed by atoms with Crippen LogP contribution in [0.25, 0.3) is 0 Å². The van der Waals surface area contributed by atoms with Crippen molar-refractivity contribution in [2.45, 2.75) is 45.3 Å². The Kier molecular flexibility index (Phi) is 5.81. The number of carboxylic acids is 1. The topological polar surface area (TPSA) is 75.6 Å². The summed E-state index contributed by atoms with van der Waals surface area (Å²) in [4.78, 5) is 22.7. The lowest BCUT2D eigenvalue weighted by Gasteiger charge is -2.28. The molecule has 0 aromatic heterocycles. The van der Waals surface area contributed by atoms with Crippen LogP contribution in [-0.2, 0) is 9.53 Å². The summed E-state index contributed by atoms with van der Waals surface area (Å²) in [5, 5.41) is 11.5. The Balaban J connectivity index is 4.55. The van der Waals surface area contributed by atoms with E-state index in [0.717, 1.165) is 0 Å². The van der Waals surface area contributed by atoms with Gasteiger partial charge in [-0.05, 0) is 46.1 Å². The predicted octanol–water partition coefficient (Wildman–Crippen LogP) is 2.11. The van der Waals surface area contributed by atoms with Crippen molar-refractivity contribution < 1.29 is 19.4 Å². The second-order valence-electron chi connectivity index (χ2n) is 5.01. The van der Waals surface area contributed by atoms with Gasteiger partial charge in [-0.3, -0.25) is 0 Å². The summed E-state index contributed by atoms with van der Waals surface area (Å²) in [6.07, 6.45) is 1.53. The molecule has 0 saturated heterocycles. The number of carboxylic acid groups (broad SMARTS) is 1. The number of aliphatic carboxylic acids is 1. The first kappa shape index (κ1) is 16.1. The Morgan fingerprint density at radius 3 is 2.18 bits per heavy atom. The third-order valence-electron chi connectivity index (χ3n) is 2.06. The average molecular weight is 263 g/mol. The Hall–Kier alpha value is -0.910. The maximum absolute atomic E-state index is 11.5. The molecule has 6 heteroatoms. The van der Waals surface area contributed by atoms with Crippen LogP contribution in [0.15, 0.2) is 0 Å². The zero-order chi connectivity index (χ0) is 13.7. The van der Waals surface area contributed by atoms with Crippen LogP contribution in [0.3, 0.4) is 0 Å². The molecule has 0 aliphatic carbocycles. The molecule has 1 amide bonds. The summed E-state index contributed by atoms with van der Waals surface area (Å²) in [6.45, 7) is 6.67. The summed E-state index contributed by atoms with van der Waals surface area (Å²) >= 11 is 1.53. The number of carbonyl (C=O) groups is 2. The van der Waals surface area contributed by atoms with Crippen LogP contribution in [0.5, 0.6) is 0 Å². The van der Waals surface area contributed by atoms with Gasteiger partial charge in [0.1, 0.15) is 11.1 Å². The third kappa shape index (κ3) is 6.41. The summed E-state index contributed by atoms with van der Waals surface area (Å²) in [5.41, 5.74) is -1.92. The molecule has 17 heavy (non-hydrogen) atoms. The Bertz CT molecular complexity index is 288. The maximum atomic E-state index is 11.5. The molecule has 0 aromatic carbocycles. The molecular formula is C11H21NO4S. The number of alkyl carbamates (subject to hydrolysis) is 1. The standard InChI is InChI=1S/C11H21NO4S/c1-10(2,3)16-9(15)12-11(4,8(13)14)6-7-17-5/h6-7H2,1-5H3,(H,12,15)(H,13,14)/t11-/m0/s1. The van der Waals surface area contributed by atoms with Crippen molar-refractivity contribution in [1.82, 2.24) is 5.32 Å². The fraction of sp³-hybridized carbons (Fsp3) is 0.818. The van der Waals surface area contributed by atoms with E-state index in [9.17, 15) is 9.59 Å². The van der Waals surface area contributed by atoms with E-state index in [-0.39, 0.29) is 0 Å². The highest BCUT2D eigenvalue weighted by Crippen LogP contribution is 2.15. The van der Waals surface area contributed by atoms with Crippen molar-refractivity contribution in [3.05, 3.63) is 0 Å². The first-order valence-corrected chi connectivity index (χ1v) is 6.73. The van der Waals surface area contributed by atoms with Gasteiger partial charge >= 0.3 is 12.1 Å². The van der Waals surface area contributed by atoms with E-state index in [1.807, 2.05) is 6.26 Å². The van der Waals surface area contributed by atoms with Gasteiger partial charge in [0.05, 0.1) is 0 Å². The molecule has 0 heterocycles. The van der Waals surface area contributed by atoms with Crippen LogP contribution in [0.4, 0.5) is 4.79 Å². The van der Waals surface area contributed by atoms with Gasteiger partial charge in [0.15, 0.2) is 0 Å². The average Bonchev–Trinajstić information content (AvgIpc) is 2.11. The van der Waals surface area contributed by atoms with Crippen molar-refractivity contribution in [2.24, 2.45) is 0 Å². The highest BCUT2D eigenvalue weighted by molar-refractivity contribution is 7.98. The van der Waals surface area contributed by atoms with E-state index in [0.29, 0.717) is 12.2 Å². The SMILES string of the molecule is CSCC[C@](C)(NC(=O)OC(C)(C)C)C(=O)O. The Morgan fingerprint density at radius 2 is 1.82 bits per heavy atom. The molecule has 0 spiro atoms. The van der Waals surface area contributed by atoms with Gasteiger partial charge in [-0.15, -0.1) is 0 Å². The molecule has 0 aliphatic heterocycles. The zero-order valence-electron chi connectivity index (χ0n) is 11.0. The van der Waals surface area contributed by atoms with E-state index >= 15 is 0 Å². The third-order valence-corrected chi connectivity index (χ3v) is 2.67. The molecule has 0 aliphatic rings. The molecule has 0 unspecified atom stereocenters. The van der Waals surface area contributed by atoms with Crippen LogP contribution in [-0.4, -0.2) is 40.3 Å². The van der Waals surface area contributed by atoms with Gasteiger partial charge in [0, 0.05) is 0 Å². The summed E-state index contributed by atoms with van der Waals surface area (Å²) in [6, 6.07) is 0. The first-order valence-electron chi connectivity index (χ1n) is 5.34. The minimum atomic E-state index is -1.29. The molecule has 0 aromatic rings. The molecule has 2 N–H and O–H groups in total. The molecule has 1 atom stereocenters. The molecule has 0 saturated carbocycles. The van der Waals surface area contributed by atoms with Gasteiger partial charge in [-0.25, -0.2) is 9.59 Å². The van der Waals surface area contributed by atoms with E-state index < -0.39 is 23.2 Å². The van der Waals surface area contributed by atoms with Crippen molar-refractivity contribution in [3.8, 4) is 0 Å². The number of hydrogen-bond acceptors (Lipinski definition) is 4. The smallest absolute Gasteiger partial charge is 0.408 e. The lowest BCUT2D eigenvalue weighted by atomic mass is 10.00. The van der Waals surface area contributed by atoms with Crippen LogP contribution in [0.2, 0.25) is 0 Å². The van der Waals surface area contributed by atoms with Gasteiger partial charge in [0.25, 0.3) is 0 Å². The van der Waals surface area contributed by atoms with Crippen molar-refractivity contribution >= 4 is 23.8 Å². The normalized spacial score (nSPS) is 14.9. The van der Waals surface area contributed by atoms with Gasteiger partial charge < -0.3 is 15.2 Å². The molecule has 0 bridgehead atoms. The molecular weight excluding hydrogens is 242 g/mol. The van der Waals surface area contributed by atoms with Crippen LogP contribution in [0, 0.1) is 0 Å². The fourth-order valence-electron chi connectivity index (χ4n) is 1.06. The highest BCUT2D eigenvalue weighted by Gasteiger charge is 2.35. The number of ether oxygens (including phenoxy) is 1. The first-order chi connectivity index (χ1) is 7.60. The fourth-order valence-corrected chi connectivity index (χ4v) is 1.67. The van der Waals surface area contributed by atoms with Crippen LogP contribution < -0.4 is 5.32 Å². The number of nitrogens with one attached hydrogen (secondary N) is 1. The van der Waals surface area contributed by atoms with Crippen molar-refractivity contribution in [1.29, 1.82) is 0 Å². The van der Waals surface area contributed by atoms with Crippen LogP contribution in [0.1, 0.15) is 34.1 Å². The lowest BCUT2D eigenvalue weighted by molar-refractivity contribution is -0.144. The number of carbonyl (C=O) groups excluding carboxylic acids is 1. The minimum Gasteiger partial charge on any atom is -0.480 e. The minimum absolute atomic E-state index is 0.350. The Morgan fingerprint density at radius 1 is 1.29 bits per heavy atom. The van der Waals surface area contributed by atoms with Crippen LogP contribution >= 0.6 is 11.8 Å². The summed E-state index contributed by atoms with van der Waals surface area (Å²) in [7, 11) is 0. The highest BCUT2D eigenvalue weighted by atomic mass is 32.2. The van der Waals surface area contributed by atoms with Crippen molar-refractivity contribution in [3.63, 3.8) is 0 Å².